The Kier molecular flexibility index (Phi) is 6.13. The summed E-state index contributed by atoms with van der Waals surface area (Å²) >= 11 is 1.43. The van der Waals surface area contributed by atoms with Crippen molar-refractivity contribution in [1.82, 2.24) is 20.1 Å². The average molecular weight is 359 g/mol. The van der Waals surface area contributed by atoms with E-state index in [0.29, 0.717) is 11.2 Å². The van der Waals surface area contributed by atoms with Crippen LogP contribution in [-0.2, 0) is 4.79 Å². The molecule has 1 aromatic carbocycles. The first-order valence-electron chi connectivity index (χ1n) is 9.14. The first-order valence-corrected chi connectivity index (χ1v) is 10.0. The first kappa shape index (κ1) is 18.0. The molecule has 1 amide bonds. The van der Waals surface area contributed by atoms with E-state index in [1.807, 2.05) is 37.3 Å². The van der Waals surface area contributed by atoms with Crippen LogP contribution in [0.25, 0.3) is 11.4 Å². The standard InChI is InChI=1S/C19H26N4OS/c1-3-23(16-12-8-5-9-13-16)18(24)14(2)25-19-20-17(21-22-19)15-10-6-4-7-11-15/h4,6-7,10-11,14,16H,3,5,8-9,12-13H2,1-2H3,(H,20,21,22)/t14-/m1/s1. The van der Waals surface area contributed by atoms with E-state index >= 15 is 0 Å². The Labute approximate surface area is 153 Å². The molecule has 0 saturated heterocycles. The number of rotatable bonds is 6. The smallest absolute Gasteiger partial charge is 0.236 e. The van der Waals surface area contributed by atoms with Crippen molar-refractivity contribution in [3.8, 4) is 11.4 Å². The average Bonchev–Trinajstić information content (AvgIpc) is 3.12. The highest BCUT2D eigenvalue weighted by molar-refractivity contribution is 8.00. The van der Waals surface area contributed by atoms with Crippen LogP contribution in [0, 0.1) is 0 Å². The minimum Gasteiger partial charge on any atom is -0.339 e. The number of thioether (sulfide) groups is 1. The predicted octanol–water partition coefficient (Wildman–Crippen LogP) is 4.13. The van der Waals surface area contributed by atoms with E-state index in [0.717, 1.165) is 30.8 Å². The second-order valence-electron chi connectivity index (χ2n) is 6.51. The Hall–Kier alpha value is -1.82. The van der Waals surface area contributed by atoms with E-state index in [4.69, 9.17) is 0 Å². The topological polar surface area (TPSA) is 61.9 Å². The molecule has 1 atom stereocenters. The number of carbonyl (C=O) groups is 1. The van der Waals surface area contributed by atoms with E-state index < -0.39 is 0 Å². The lowest BCUT2D eigenvalue weighted by Gasteiger charge is -2.35. The van der Waals surface area contributed by atoms with Gasteiger partial charge in [-0.05, 0) is 26.7 Å². The van der Waals surface area contributed by atoms with Crippen molar-refractivity contribution in [1.29, 1.82) is 0 Å². The quantitative estimate of drug-likeness (QED) is 0.789. The number of hydrogen-bond donors (Lipinski definition) is 1. The molecule has 1 aliphatic carbocycles. The SMILES string of the molecule is CCN(C(=O)[C@@H](C)Sc1n[nH]c(-c2ccccc2)n1)C1CCCCC1. The Morgan fingerprint density at radius 1 is 1.28 bits per heavy atom. The van der Waals surface area contributed by atoms with Crippen LogP contribution in [0.5, 0.6) is 0 Å². The molecule has 0 aliphatic heterocycles. The minimum absolute atomic E-state index is 0.179. The molecule has 0 unspecified atom stereocenters. The van der Waals surface area contributed by atoms with Crippen LogP contribution in [-0.4, -0.2) is 43.8 Å². The number of hydrogen-bond acceptors (Lipinski definition) is 4. The molecule has 5 nitrogen and oxygen atoms in total. The van der Waals surface area contributed by atoms with Gasteiger partial charge < -0.3 is 4.90 Å². The zero-order valence-electron chi connectivity index (χ0n) is 14.9. The Balaban J connectivity index is 1.64. The second kappa shape index (κ2) is 8.52. The lowest BCUT2D eigenvalue weighted by atomic mass is 9.94. The number of benzene rings is 1. The predicted molar refractivity (Wildman–Crippen MR) is 101 cm³/mol. The summed E-state index contributed by atoms with van der Waals surface area (Å²) in [5, 5.41) is 7.68. The summed E-state index contributed by atoms with van der Waals surface area (Å²) < 4.78 is 0. The molecule has 0 spiro atoms. The molecule has 134 valence electrons. The third kappa shape index (κ3) is 4.42. The van der Waals surface area contributed by atoms with Gasteiger partial charge >= 0.3 is 0 Å². The molecule has 1 heterocycles. The lowest BCUT2D eigenvalue weighted by molar-refractivity contribution is -0.133. The largest absolute Gasteiger partial charge is 0.339 e. The molecule has 6 heteroatoms. The van der Waals surface area contributed by atoms with Crippen molar-refractivity contribution in [2.24, 2.45) is 0 Å². The van der Waals surface area contributed by atoms with Crippen LogP contribution in [0.4, 0.5) is 0 Å². The Morgan fingerprint density at radius 3 is 2.68 bits per heavy atom. The molecular weight excluding hydrogens is 332 g/mol. The lowest BCUT2D eigenvalue weighted by Crippen LogP contribution is -2.44. The van der Waals surface area contributed by atoms with Crippen LogP contribution < -0.4 is 0 Å². The van der Waals surface area contributed by atoms with Gasteiger partial charge in [-0.2, -0.15) is 0 Å². The number of nitrogens with one attached hydrogen (secondary N) is 1. The molecule has 1 aliphatic rings. The summed E-state index contributed by atoms with van der Waals surface area (Å²) in [5.41, 5.74) is 0.998. The molecule has 0 radical (unpaired) electrons. The fraction of sp³-hybridized carbons (Fsp3) is 0.526. The summed E-state index contributed by atoms with van der Waals surface area (Å²) in [6.07, 6.45) is 6.03. The number of nitrogens with zero attached hydrogens (tertiary/aromatic N) is 3. The van der Waals surface area contributed by atoms with Gasteiger partial charge in [0, 0.05) is 18.2 Å². The number of aromatic nitrogens is 3. The van der Waals surface area contributed by atoms with Crippen molar-refractivity contribution in [2.45, 2.75) is 62.4 Å². The fourth-order valence-electron chi connectivity index (χ4n) is 3.45. The van der Waals surface area contributed by atoms with Gasteiger partial charge in [0.2, 0.25) is 11.1 Å². The number of H-pyrrole nitrogens is 1. The highest BCUT2D eigenvalue weighted by Gasteiger charge is 2.28. The minimum atomic E-state index is -0.179. The van der Waals surface area contributed by atoms with E-state index in [1.165, 1.54) is 31.0 Å². The molecule has 1 fully saturated rings. The summed E-state index contributed by atoms with van der Waals surface area (Å²) in [4.78, 5) is 19.5. The highest BCUT2D eigenvalue weighted by Crippen LogP contribution is 2.27. The second-order valence-corrected chi connectivity index (χ2v) is 7.82. The molecule has 0 bridgehead atoms. The fourth-order valence-corrected chi connectivity index (χ4v) is 4.25. The zero-order valence-corrected chi connectivity index (χ0v) is 15.8. The van der Waals surface area contributed by atoms with Gasteiger partial charge in [-0.3, -0.25) is 9.89 Å². The molecule has 1 saturated carbocycles. The summed E-state index contributed by atoms with van der Waals surface area (Å²) in [6, 6.07) is 10.3. The third-order valence-corrected chi connectivity index (χ3v) is 5.73. The van der Waals surface area contributed by atoms with Crippen LogP contribution in [0.2, 0.25) is 0 Å². The number of aromatic amines is 1. The van der Waals surface area contributed by atoms with Gasteiger partial charge in [0.1, 0.15) is 0 Å². The van der Waals surface area contributed by atoms with E-state index in [-0.39, 0.29) is 11.2 Å². The molecule has 1 aromatic heterocycles. The van der Waals surface area contributed by atoms with Crippen LogP contribution in [0.1, 0.15) is 46.0 Å². The molecule has 25 heavy (non-hydrogen) atoms. The monoisotopic (exact) mass is 358 g/mol. The van der Waals surface area contributed by atoms with Crippen molar-refractivity contribution in [3.05, 3.63) is 30.3 Å². The molecular formula is C19H26N4OS. The van der Waals surface area contributed by atoms with Crippen molar-refractivity contribution in [3.63, 3.8) is 0 Å². The van der Waals surface area contributed by atoms with E-state index in [1.54, 1.807) is 0 Å². The molecule has 1 N–H and O–H groups in total. The maximum atomic E-state index is 12.9. The van der Waals surface area contributed by atoms with E-state index in [2.05, 4.69) is 27.0 Å². The van der Waals surface area contributed by atoms with Crippen molar-refractivity contribution < 1.29 is 4.79 Å². The van der Waals surface area contributed by atoms with Gasteiger partial charge in [-0.1, -0.05) is 61.4 Å². The number of amides is 1. The Morgan fingerprint density at radius 2 is 2.00 bits per heavy atom. The van der Waals surface area contributed by atoms with Gasteiger partial charge in [-0.15, -0.1) is 5.10 Å². The Bertz CT molecular complexity index is 682. The maximum Gasteiger partial charge on any atom is 0.236 e. The molecule has 2 aromatic rings. The van der Waals surface area contributed by atoms with Crippen LogP contribution in [0.15, 0.2) is 35.5 Å². The highest BCUT2D eigenvalue weighted by atomic mass is 32.2. The third-order valence-electron chi connectivity index (χ3n) is 4.78. The van der Waals surface area contributed by atoms with Gasteiger partial charge in [0.05, 0.1) is 5.25 Å². The van der Waals surface area contributed by atoms with Crippen molar-refractivity contribution >= 4 is 17.7 Å². The molecule has 3 rings (SSSR count). The number of carbonyl (C=O) groups excluding carboxylic acids is 1. The van der Waals surface area contributed by atoms with Crippen LogP contribution >= 0.6 is 11.8 Å². The summed E-state index contributed by atoms with van der Waals surface area (Å²) in [6.45, 7) is 4.80. The maximum absolute atomic E-state index is 12.9. The normalized spacial score (nSPS) is 16.6. The zero-order chi connectivity index (χ0) is 17.6. The van der Waals surface area contributed by atoms with Gasteiger partial charge in [0.25, 0.3) is 0 Å². The van der Waals surface area contributed by atoms with Crippen LogP contribution in [0.3, 0.4) is 0 Å². The summed E-state index contributed by atoms with van der Waals surface area (Å²) in [7, 11) is 0. The first-order chi connectivity index (χ1) is 12.2. The van der Waals surface area contributed by atoms with Gasteiger partial charge in [0.15, 0.2) is 5.82 Å². The van der Waals surface area contributed by atoms with E-state index in [9.17, 15) is 4.79 Å². The summed E-state index contributed by atoms with van der Waals surface area (Å²) in [5.74, 6) is 0.938. The van der Waals surface area contributed by atoms with Crippen molar-refractivity contribution in [2.75, 3.05) is 6.54 Å². The van der Waals surface area contributed by atoms with Gasteiger partial charge in [-0.25, -0.2) is 4.98 Å².